The lowest BCUT2D eigenvalue weighted by atomic mass is 10.1. The summed E-state index contributed by atoms with van der Waals surface area (Å²) in [4.78, 5) is -1.78. The van der Waals surface area contributed by atoms with Gasteiger partial charge in [-0.15, -0.1) is 0 Å². The summed E-state index contributed by atoms with van der Waals surface area (Å²) in [6, 6.07) is 1.19. The molecule has 0 spiro atoms. The van der Waals surface area contributed by atoms with E-state index in [1.165, 1.54) is 0 Å². The monoisotopic (exact) mass is 530 g/mol. The van der Waals surface area contributed by atoms with Crippen LogP contribution in [0.3, 0.4) is 0 Å². The van der Waals surface area contributed by atoms with Crippen LogP contribution in [0.5, 0.6) is 0 Å². The molecule has 1 aromatic rings. The average molecular weight is 532 g/mol. The maximum absolute atomic E-state index is 13.7. The van der Waals surface area contributed by atoms with Crippen LogP contribution in [0.15, 0.2) is 26.0 Å². The quantitative estimate of drug-likeness (QED) is 0.465. The van der Waals surface area contributed by atoms with Crippen molar-refractivity contribution in [2.75, 3.05) is 0 Å². The molecule has 0 atom stereocenters. The largest absolute Gasteiger partial charge is 0.461 e. The van der Waals surface area contributed by atoms with E-state index in [0.717, 1.165) is 6.07 Å². The summed E-state index contributed by atoms with van der Waals surface area (Å²) in [5.41, 5.74) is -1.06. The first-order valence-electron chi connectivity index (χ1n) is 5.80. The van der Waals surface area contributed by atoms with Gasteiger partial charge in [-0.25, -0.2) is 17.2 Å². The van der Waals surface area contributed by atoms with Crippen molar-refractivity contribution in [3.05, 3.63) is 26.6 Å². The highest BCUT2D eigenvalue weighted by atomic mass is 79.9. The smallest absolute Gasteiger partial charge is 0.217 e. The maximum atomic E-state index is 13.7. The zero-order valence-electron chi connectivity index (χ0n) is 11.3. The van der Waals surface area contributed by atoms with Gasteiger partial charge in [0, 0.05) is 15.4 Å². The van der Waals surface area contributed by atoms with E-state index in [1.807, 2.05) is 0 Å². The van der Waals surface area contributed by atoms with Crippen LogP contribution in [-0.2, 0) is 16.3 Å². The molecule has 144 valence electrons. The molecule has 0 aliphatic carbocycles. The Hall–Kier alpha value is -0.500. The predicted molar refractivity (Wildman–Crippen MR) is 74.7 cm³/mol. The molecule has 14 heteroatoms. The molecule has 25 heavy (non-hydrogen) atoms. The number of rotatable bonds is 5. The first-order valence-corrected chi connectivity index (χ1v) is 8.86. The van der Waals surface area contributed by atoms with Gasteiger partial charge in [-0.1, -0.05) is 31.9 Å². The Kier molecular flexibility index (Phi) is 6.23. The minimum atomic E-state index is -6.95. The van der Waals surface area contributed by atoms with Gasteiger partial charge in [0.25, 0.3) is 9.84 Å². The van der Waals surface area contributed by atoms with Crippen molar-refractivity contribution in [3.63, 3.8) is 0 Å². The average Bonchev–Trinajstić information content (AvgIpc) is 2.39. The topological polar surface area (TPSA) is 34.1 Å². The van der Waals surface area contributed by atoms with Gasteiger partial charge in [0.1, 0.15) is 0 Å². The highest BCUT2D eigenvalue weighted by Crippen LogP contribution is 2.51. The number of benzene rings is 1. The summed E-state index contributed by atoms with van der Waals surface area (Å²) >= 11 is 5.22. The molecule has 0 saturated heterocycles. The van der Waals surface area contributed by atoms with Gasteiger partial charge in [-0.2, -0.15) is 30.7 Å². The van der Waals surface area contributed by atoms with Crippen LogP contribution < -0.4 is 0 Å². The van der Waals surface area contributed by atoms with E-state index in [2.05, 4.69) is 31.9 Å². The van der Waals surface area contributed by atoms with Crippen LogP contribution in [0.1, 0.15) is 5.56 Å². The van der Waals surface area contributed by atoms with Crippen molar-refractivity contribution in [3.8, 4) is 0 Å². The summed E-state index contributed by atoms with van der Waals surface area (Å²) in [7, 11) is -6.70. The van der Waals surface area contributed by atoms with Crippen LogP contribution >= 0.6 is 31.9 Å². The summed E-state index contributed by atoms with van der Waals surface area (Å²) < 4.78 is 138. The van der Waals surface area contributed by atoms with Gasteiger partial charge in [0.2, 0.25) is 6.43 Å². The fraction of sp³-hybridized carbons (Fsp3) is 0.455. The second kappa shape index (κ2) is 6.91. The molecule has 0 amide bonds. The Morgan fingerprint density at radius 2 is 1.44 bits per heavy atom. The zero-order valence-corrected chi connectivity index (χ0v) is 15.3. The fourth-order valence-corrected chi connectivity index (χ4v) is 4.84. The van der Waals surface area contributed by atoms with Gasteiger partial charge in [0.05, 0.1) is 4.90 Å². The molecule has 0 heterocycles. The predicted octanol–water partition coefficient (Wildman–Crippen LogP) is 5.58. The number of halogens is 11. The third-order valence-corrected chi connectivity index (χ3v) is 5.87. The van der Waals surface area contributed by atoms with Crippen LogP contribution in [0.4, 0.5) is 39.5 Å². The van der Waals surface area contributed by atoms with Crippen molar-refractivity contribution < 1.29 is 47.9 Å². The lowest BCUT2D eigenvalue weighted by Crippen LogP contribution is -2.56. The normalized spacial score (nSPS) is 14.2. The standard InChI is InChI=1S/C11H5Br2F9O2S/c12-4-1-6(13)5(3-8(14)15)7(2-4)25(23,24)11(21,22)9(16,17)10(18,19)20/h1-2,8H,3H2. The molecule has 2 nitrogen and oxygen atoms in total. The molecule has 0 aromatic heterocycles. The first-order chi connectivity index (χ1) is 11.0. The van der Waals surface area contributed by atoms with Crippen LogP contribution in [-0.4, -0.2) is 32.2 Å². The van der Waals surface area contributed by atoms with E-state index in [-0.39, 0.29) is 10.5 Å². The van der Waals surface area contributed by atoms with Crippen molar-refractivity contribution in [1.82, 2.24) is 0 Å². The van der Waals surface area contributed by atoms with Crippen LogP contribution in [0.2, 0.25) is 0 Å². The molecular formula is C11H5Br2F9O2S. The van der Waals surface area contributed by atoms with Crippen molar-refractivity contribution in [2.24, 2.45) is 0 Å². The van der Waals surface area contributed by atoms with E-state index in [0.29, 0.717) is 0 Å². The SMILES string of the molecule is O=S(=O)(c1cc(Br)cc(Br)c1CC(F)F)C(F)(F)C(F)(F)C(F)(F)F. The van der Waals surface area contributed by atoms with Gasteiger partial charge < -0.3 is 0 Å². The Labute approximate surface area is 151 Å². The summed E-state index contributed by atoms with van der Waals surface area (Å²) in [6.07, 6.45) is -11.7. The number of hydrogen-bond acceptors (Lipinski definition) is 2. The van der Waals surface area contributed by atoms with Gasteiger partial charge in [0.15, 0.2) is 0 Å². The third-order valence-electron chi connectivity index (χ3n) is 2.83. The minimum absolute atomic E-state index is 0.248. The number of hydrogen-bond donors (Lipinski definition) is 0. The van der Waals surface area contributed by atoms with E-state index in [9.17, 15) is 47.9 Å². The van der Waals surface area contributed by atoms with Crippen LogP contribution in [0, 0.1) is 0 Å². The zero-order chi connectivity index (χ0) is 20.0. The highest BCUT2D eigenvalue weighted by Gasteiger charge is 2.78. The van der Waals surface area contributed by atoms with Crippen molar-refractivity contribution >= 4 is 41.7 Å². The Balaban J connectivity index is 3.75. The summed E-state index contributed by atoms with van der Waals surface area (Å²) in [5.74, 6) is -6.95. The lowest BCUT2D eigenvalue weighted by molar-refractivity contribution is -0.332. The minimum Gasteiger partial charge on any atom is -0.217 e. The molecule has 0 fully saturated rings. The third kappa shape index (κ3) is 3.94. The molecule has 0 bridgehead atoms. The van der Waals surface area contributed by atoms with Gasteiger partial charge in [-0.05, 0) is 17.7 Å². The second-order valence-electron chi connectivity index (χ2n) is 4.55. The van der Waals surface area contributed by atoms with E-state index < -0.39 is 55.0 Å². The Bertz CT molecular complexity index is 760. The molecule has 0 aliphatic heterocycles. The van der Waals surface area contributed by atoms with Crippen molar-refractivity contribution in [2.45, 2.75) is 35.1 Å². The van der Waals surface area contributed by atoms with E-state index >= 15 is 0 Å². The highest BCUT2D eigenvalue weighted by molar-refractivity contribution is 9.11. The van der Waals surface area contributed by atoms with E-state index in [1.54, 1.807) is 0 Å². The molecule has 0 radical (unpaired) electrons. The molecule has 1 rings (SSSR count). The summed E-state index contributed by atoms with van der Waals surface area (Å²) in [6.45, 7) is 0. The second-order valence-corrected chi connectivity index (χ2v) is 8.28. The molecular weight excluding hydrogens is 527 g/mol. The fourth-order valence-electron chi connectivity index (χ4n) is 1.64. The maximum Gasteiger partial charge on any atom is 0.461 e. The molecule has 0 N–H and O–H groups in total. The lowest BCUT2D eigenvalue weighted by Gasteiger charge is -2.28. The molecule has 0 unspecified atom stereocenters. The van der Waals surface area contributed by atoms with Crippen LogP contribution in [0.25, 0.3) is 0 Å². The van der Waals surface area contributed by atoms with E-state index in [4.69, 9.17) is 0 Å². The van der Waals surface area contributed by atoms with Crippen molar-refractivity contribution in [1.29, 1.82) is 0 Å². The molecule has 0 aliphatic rings. The summed E-state index contributed by atoms with van der Waals surface area (Å²) in [5, 5.41) is -6.63. The Morgan fingerprint density at radius 3 is 1.84 bits per heavy atom. The first kappa shape index (κ1) is 22.5. The van der Waals surface area contributed by atoms with Gasteiger partial charge in [-0.3, -0.25) is 0 Å². The number of alkyl halides is 9. The van der Waals surface area contributed by atoms with Gasteiger partial charge >= 0.3 is 17.4 Å². The Morgan fingerprint density at radius 1 is 0.960 bits per heavy atom. The number of sulfone groups is 1. The molecule has 0 saturated carbocycles. The molecule has 1 aromatic carbocycles.